The second-order valence-corrected chi connectivity index (χ2v) is 4.58. The van der Waals surface area contributed by atoms with E-state index in [2.05, 4.69) is 0 Å². The van der Waals surface area contributed by atoms with Crippen LogP contribution in [0.15, 0.2) is 12.1 Å². The molecule has 1 aromatic carbocycles. The zero-order chi connectivity index (χ0) is 13.9. The standard InChI is InChI=1S/C12H12Cl2O4/c1-2-6(5-9(16)17)12(18)7-3-4-8(15)11(14)10(7)13/h3-4,6,15H,2,5H2,1H3,(H,16,17). The highest BCUT2D eigenvalue weighted by Crippen LogP contribution is 2.35. The van der Waals surface area contributed by atoms with Crippen molar-refractivity contribution in [1.29, 1.82) is 0 Å². The van der Waals surface area contributed by atoms with Gasteiger partial charge in [-0.2, -0.15) is 0 Å². The number of carbonyl (C=O) groups is 2. The molecular formula is C12H12Cl2O4. The first-order valence-electron chi connectivity index (χ1n) is 5.31. The average Bonchev–Trinajstić information content (AvgIpc) is 2.32. The number of halogens is 2. The Hall–Kier alpha value is -1.26. The molecule has 6 heteroatoms. The van der Waals surface area contributed by atoms with Gasteiger partial charge in [0.25, 0.3) is 0 Å². The molecule has 0 heterocycles. The normalized spacial score (nSPS) is 12.2. The van der Waals surface area contributed by atoms with Crippen molar-refractivity contribution in [1.82, 2.24) is 0 Å². The van der Waals surface area contributed by atoms with E-state index in [0.717, 1.165) is 0 Å². The molecule has 0 aliphatic heterocycles. The molecule has 1 unspecified atom stereocenters. The maximum Gasteiger partial charge on any atom is 0.304 e. The molecule has 0 amide bonds. The van der Waals surface area contributed by atoms with Crippen LogP contribution in [-0.4, -0.2) is 22.0 Å². The molecule has 1 atom stereocenters. The SMILES string of the molecule is CCC(CC(=O)O)C(=O)c1ccc(O)c(Cl)c1Cl. The molecule has 98 valence electrons. The Morgan fingerprint density at radius 2 is 1.89 bits per heavy atom. The van der Waals surface area contributed by atoms with Gasteiger partial charge in [-0.05, 0) is 18.6 Å². The van der Waals surface area contributed by atoms with E-state index >= 15 is 0 Å². The molecule has 0 saturated carbocycles. The molecule has 0 fully saturated rings. The largest absolute Gasteiger partial charge is 0.506 e. The van der Waals surface area contributed by atoms with E-state index in [-0.39, 0.29) is 33.6 Å². The summed E-state index contributed by atoms with van der Waals surface area (Å²) in [6.45, 7) is 1.72. The molecule has 0 spiro atoms. The highest BCUT2D eigenvalue weighted by atomic mass is 35.5. The van der Waals surface area contributed by atoms with Gasteiger partial charge in [-0.15, -0.1) is 0 Å². The molecular weight excluding hydrogens is 279 g/mol. The molecule has 0 bridgehead atoms. The molecule has 0 aliphatic rings. The lowest BCUT2D eigenvalue weighted by Crippen LogP contribution is -2.18. The van der Waals surface area contributed by atoms with E-state index in [9.17, 15) is 14.7 Å². The van der Waals surface area contributed by atoms with Crippen LogP contribution < -0.4 is 0 Å². The maximum absolute atomic E-state index is 12.1. The van der Waals surface area contributed by atoms with E-state index in [1.54, 1.807) is 6.92 Å². The minimum Gasteiger partial charge on any atom is -0.506 e. The van der Waals surface area contributed by atoms with Gasteiger partial charge in [0, 0.05) is 11.5 Å². The molecule has 1 aromatic rings. The summed E-state index contributed by atoms with van der Waals surface area (Å²) < 4.78 is 0. The Kier molecular flexibility index (Phi) is 4.99. The Balaban J connectivity index is 3.10. The Labute approximate surface area is 114 Å². The Morgan fingerprint density at radius 3 is 2.39 bits per heavy atom. The third-order valence-electron chi connectivity index (χ3n) is 2.61. The fourth-order valence-corrected chi connectivity index (χ4v) is 2.00. The summed E-state index contributed by atoms with van der Waals surface area (Å²) in [6, 6.07) is 2.60. The van der Waals surface area contributed by atoms with Crippen LogP contribution in [0.3, 0.4) is 0 Å². The number of hydrogen-bond acceptors (Lipinski definition) is 3. The molecule has 4 nitrogen and oxygen atoms in total. The molecule has 18 heavy (non-hydrogen) atoms. The van der Waals surface area contributed by atoms with Gasteiger partial charge in [0.05, 0.1) is 11.4 Å². The number of Topliss-reactive ketones (excluding diaryl/α,β-unsaturated/α-hetero) is 1. The summed E-state index contributed by atoms with van der Waals surface area (Å²) in [5.74, 6) is -2.30. The van der Waals surface area contributed by atoms with Crippen LogP contribution in [0.4, 0.5) is 0 Å². The van der Waals surface area contributed by atoms with E-state index in [1.807, 2.05) is 0 Å². The summed E-state index contributed by atoms with van der Waals surface area (Å²) in [5.41, 5.74) is 0.132. The van der Waals surface area contributed by atoms with Crippen molar-refractivity contribution in [3.8, 4) is 5.75 Å². The van der Waals surface area contributed by atoms with Crippen molar-refractivity contribution in [3.63, 3.8) is 0 Å². The van der Waals surface area contributed by atoms with E-state index in [1.165, 1.54) is 12.1 Å². The minimum atomic E-state index is -1.05. The van der Waals surface area contributed by atoms with E-state index in [0.29, 0.717) is 6.42 Å². The maximum atomic E-state index is 12.1. The molecule has 0 radical (unpaired) electrons. The Morgan fingerprint density at radius 1 is 1.28 bits per heavy atom. The zero-order valence-corrected chi connectivity index (χ0v) is 11.1. The number of benzene rings is 1. The summed E-state index contributed by atoms with van der Waals surface area (Å²) >= 11 is 11.6. The summed E-state index contributed by atoms with van der Waals surface area (Å²) in [6.07, 6.45) is 0.129. The minimum absolute atomic E-state index is 0.0505. The lowest BCUT2D eigenvalue weighted by Gasteiger charge is -2.13. The van der Waals surface area contributed by atoms with Gasteiger partial charge in [0.2, 0.25) is 0 Å². The smallest absolute Gasteiger partial charge is 0.304 e. The molecule has 0 saturated heterocycles. The Bertz CT molecular complexity index is 485. The van der Waals surface area contributed by atoms with Gasteiger partial charge < -0.3 is 10.2 Å². The fraction of sp³-hybridized carbons (Fsp3) is 0.333. The van der Waals surface area contributed by atoms with Crippen LogP contribution >= 0.6 is 23.2 Å². The predicted octanol–water partition coefficient (Wildman–Crippen LogP) is 3.38. The van der Waals surface area contributed by atoms with Crippen molar-refractivity contribution < 1.29 is 19.8 Å². The van der Waals surface area contributed by atoms with E-state index in [4.69, 9.17) is 28.3 Å². The number of aliphatic carboxylic acids is 1. The number of ketones is 1. The number of aromatic hydroxyl groups is 1. The van der Waals surface area contributed by atoms with Gasteiger partial charge in [0.1, 0.15) is 10.8 Å². The van der Waals surface area contributed by atoms with Crippen molar-refractivity contribution >= 4 is 35.0 Å². The summed E-state index contributed by atoms with van der Waals surface area (Å²) in [4.78, 5) is 22.8. The first-order valence-corrected chi connectivity index (χ1v) is 6.07. The number of carboxylic acids is 1. The first-order chi connectivity index (χ1) is 8.38. The van der Waals surface area contributed by atoms with Gasteiger partial charge in [-0.3, -0.25) is 9.59 Å². The third-order valence-corrected chi connectivity index (χ3v) is 3.48. The number of phenols is 1. The average molecular weight is 291 g/mol. The second-order valence-electron chi connectivity index (χ2n) is 3.83. The van der Waals surface area contributed by atoms with Crippen LogP contribution in [-0.2, 0) is 4.79 Å². The lowest BCUT2D eigenvalue weighted by molar-refractivity contribution is -0.137. The summed E-state index contributed by atoms with van der Waals surface area (Å²) in [7, 11) is 0. The fourth-order valence-electron chi connectivity index (χ4n) is 1.58. The zero-order valence-electron chi connectivity index (χ0n) is 9.61. The van der Waals surface area contributed by atoms with Gasteiger partial charge in [-0.1, -0.05) is 30.1 Å². The summed E-state index contributed by atoms with van der Waals surface area (Å²) in [5, 5.41) is 17.9. The predicted molar refractivity (Wildman–Crippen MR) is 68.5 cm³/mol. The number of carbonyl (C=O) groups excluding carboxylic acids is 1. The number of phenolic OH excluding ortho intramolecular Hbond substituents is 1. The highest BCUT2D eigenvalue weighted by Gasteiger charge is 2.24. The molecule has 0 aliphatic carbocycles. The highest BCUT2D eigenvalue weighted by molar-refractivity contribution is 6.44. The molecule has 1 rings (SSSR count). The van der Waals surface area contributed by atoms with Crippen LogP contribution in [0.2, 0.25) is 10.0 Å². The molecule has 2 N–H and O–H groups in total. The van der Waals surface area contributed by atoms with E-state index < -0.39 is 11.9 Å². The molecule has 0 aromatic heterocycles. The number of carboxylic acid groups (broad SMARTS) is 1. The van der Waals surface area contributed by atoms with Gasteiger partial charge >= 0.3 is 5.97 Å². The first kappa shape index (κ1) is 14.8. The second kappa shape index (κ2) is 6.07. The third kappa shape index (κ3) is 3.15. The van der Waals surface area contributed by atoms with Crippen molar-refractivity contribution in [2.45, 2.75) is 19.8 Å². The van der Waals surface area contributed by atoms with Crippen LogP contribution in [0, 0.1) is 5.92 Å². The monoisotopic (exact) mass is 290 g/mol. The van der Waals surface area contributed by atoms with Crippen LogP contribution in [0.1, 0.15) is 30.1 Å². The number of rotatable bonds is 5. The van der Waals surface area contributed by atoms with Gasteiger partial charge in [0.15, 0.2) is 5.78 Å². The lowest BCUT2D eigenvalue weighted by atomic mass is 9.92. The van der Waals surface area contributed by atoms with Crippen molar-refractivity contribution in [2.75, 3.05) is 0 Å². The van der Waals surface area contributed by atoms with Crippen LogP contribution in [0.25, 0.3) is 0 Å². The van der Waals surface area contributed by atoms with Gasteiger partial charge in [-0.25, -0.2) is 0 Å². The topological polar surface area (TPSA) is 74.6 Å². The van der Waals surface area contributed by atoms with Crippen molar-refractivity contribution in [2.24, 2.45) is 5.92 Å². The van der Waals surface area contributed by atoms with Crippen LogP contribution in [0.5, 0.6) is 5.75 Å². The number of hydrogen-bond donors (Lipinski definition) is 2. The quantitative estimate of drug-likeness (QED) is 0.815. The van der Waals surface area contributed by atoms with Crippen molar-refractivity contribution in [3.05, 3.63) is 27.7 Å².